The molecule has 1 aliphatic rings. The van der Waals surface area contributed by atoms with E-state index < -0.39 is 0 Å². The van der Waals surface area contributed by atoms with Gasteiger partial charge in [-0.15, -0.1) is 11.3 Å². The standard InChI is InChI=1S/C15H18BrN3S/c1-2-17-9-10-5-3-7-12-13(10)19-15(20-12)14-11(16)6-4-8-18-14/h4,6,8,10,17H,2-3,5,7,9H2,1H3. The average molecular weight is 352 g/mol. The van der Waals surface area contributed by atoms with Gasteiger partial charge < -0.3 is 5.32 Å². The van der Waals surface area contributed by atoms with E-state index in [9.17, 15) is 0 Å². The molecule has 0 amide bonds. The van der Waals surface area contributed by atoms with Gasteiger partial charge in [0.25, 0.3) is 0 Å². The van der Waals surface area contributed by atoms with Gasteiger partial charge in [0.05, 0.1) is 5.69 Å². The van der Waals surface area contributed by atoms with Crippen molar-refractivity contribution in [2.24, 2.45) is 0 Å². The summed E-state index contributed by atoms with van der Waals surface area (Å²) in [6.45, 7) is 4.21. The first-order chi connectivity index (χ1) is 9.79. The molecule has 3 rings (SSSR count). The lowest BCUT2D eigenvalue weighted by molar-refractivity contribution is 0.509. The number of pyridine rings is 1. The van der Waals surface area contributed by atoms with Crippen LogP contribution >= 0.6 is 27.3 Å². The van der Waals surface area contributed by atoms with Gasteiger partial charge in [-0.3, -0.25) is 4.98 Å². The van der Waals surface area contributed by atoms with Crippen LogP contribution in [0, 0.1) is 0 Å². The summed E-state index contributed by atoms with van der Waals surface area (Å²) in [5.41, 5.74) is 2.27. The number of aryl methyl sites for hydroxylation is 1. The minimum absolute atomic E-state index is 0.561. The monoisotopic (exact) mass is 351 g/mol. The molecule has 0 saturated carbocycles. The Kier molecular flexibility index (Phi) is 4.48. The highest BCUT2D eigenvalue weighted by Gasteiger charge is 2.25. The summed E-state index contributed by atoms with van der Waals surface area (Å²) in [5, 5.41) is 4.51. The molecular weight excluding hydrogens is 334 g/mol. The van der Waals surface area contributed by atoms with Crippen LogP contribution in [0.4, 0.5) is 0 Å². The average Bonchev–Trinajstić information content (AvgIpc) is 2.89. The molecule has 2 aromatic rings. The minimum Gasteiger partial charge on any atom is -0.316 e. The molecule has 1 aliphatic carbocycles. The number of hydrogen-bond acceptors (Lipinski definition) is 4. The number of likely N-dealkylation sites (N-methyl/N-ethyl adjacent to an activating group) is 1. The molecule has 1 atom stereocenters. The van der Waals surface area contributed by atoms with E-state index in [1.165, 1.54) is 29.8 Å². The van der Waals surface area contributed by atoms with Gasteiger partial charge in [0.15, 0.2) is 0 Å². The van der Waals surface area contributed by atoms with Crippen LogP contribution in [0.5, 0.6) is 0 Å². The van der Waals surface area contributed by atoms with Crippen LogP contribution in [0.2, 0.25) is 0 Å². The van der Waals surface area contributed by atoms with Crippen LogP contribution < -0.4 is 5.32 Å². The van der Waals surface area contributed by atoms with Crippen LogP contribution in [0.15, 0.2) is 22.8 Å². The second kappa shape index (κ2) is 6.33. The van der Waals surface area contributed by atoms with Crippen molar-refractivity contribution in [1.82, 2.24) is 15.3 Å². The van der Waals surface area contributed by atoms with Crippen molar-refractivity contribution in [3.05, 3.63) is 33.4 Å². The summed E-state index contributed by atoms with van der Waals surface area (Å²) >= 11 is 5.38. The van der Waals surface area contributed by atoms with Crippen molar-refractivity contribution in [2.45, 2.75) is 32.1 Å². The molecule has 0 radical (unpaired) electrons. The third-order valence-electron chi connectivity index (χ3n) is 3.67. The van der Waals surface area contributed by atoms with Crippen LogP contribution in [-0.4, -0.2) is 23.1 Å². The third-order valence-corrected chi connectivity index (χ3v) is 5.45. The second-order valence-corrected chi connectivity index (χ2v) is 7.00. The summed E-state index contributed by atoms with van der Waals surface area (Å²) in [7, 11) is 0. The zero-order valence-corrected chi connectivity index (χ0v) is 13.9. The molecule has 0 saturated heterocycles. The predicted molar refractivity (Wildman–Crippen MR) is 87.3 cm³/mol. The summed E-state index contributed by atoms with van der Waals surface area (Å²) in [5.74, 6) is 0.561. The maximum absolute atomic E-state index is 4.90. The van der Waals surface area contributed by atoms with Crippen molar-refractivity contribution in [1.29, 1.82) is 0 Å². The van der Waals surface area contributed by atoms with E-state index in [2.05, 4.69) is 33.2 Å². The smallest absolute Gasteiger partial charge is 0.143 e. The molecular formula is C15H18BrN3S. The first-order valence-electron chi connectivity index (χ1n) is 7.10. The molecule has 5 heteroatoms. The van der Waals surface area contributed by atoms with Gasteiger partial charge in [0.1, 0.15) is 10.7 Å². The lowest BCUT2D eigenvalue weighted by atomic mass is 9.91. The first kappa shape index (κ1) is 14.2. The molecule has 3 nitrogen and oxygen atoms in total. The molecule has 0 aromatic carbocycles. The fourth-order valence-corrected chi connectivity index (χ4v) is 4.44. The Bertz CT molecular complexity index is 597. The van der Waals surface area contributed by atoms with Gasteiger partial charge in [0, 0.05) is 28.0 Å². The van der Waals surface area contributed by atoms with Crippen molar-refractivity contribution < 1.29 is 0 Å². The van der Waals surface area contributed by atoms with Gasteiger partial charge in [-0.25, -0.2) is 4.98 Å². The summed E-state index contributed by atoms with van der Waals surface area (Å²) < 4.78 is 1.02. The van der Waals surface area contributed by atoms with Crippen LogP contribution in [0.1, 0.15) is 36.3 Å². The number of nitrogens with one attached hydrogen (secondary N) is 1. The summed E-state index contributed by atoms with van der Waals surface area (Å²) in [6.07, 6.45) is 5.51. The highest BCUT2D eigenvalue weighted by molar-refractivity contribution is 9.10. The van der Waals surface area contributed by atoms with Gasteiger partial charge in [-0.1, -0.05) is 6.92 Å². The van der Waals surface area contributed by atoms with Crippen molar-refractivity contribution in [2.75, 3.05) is 13.1 Å². The Balaban J connectivity index is 1.93. The number of fused-ring (bicyclic) bond motifs is 1. The second-order valence-electron chi connectivity index (χ2n) is 5.06. The SMILES string of the molecule is CCNCC1CCCc2sc(-c3ncccc3Br)nc21. The Morgan fingerprint density at radius 2 is 2.40 bits per heavy atom. The molecule has 0 fully saturated rings. The number of aromatic nitrogens is 2. The molecule has 0 spiro atoms. The number of nitrogens with zero attached hydrogens (tertiary/aromatic N) is 2. The van der Waals surface area contributed by atoms with E-state index in [0.29, 0.717) is 5.92 Å². The maximum Gasteiger partial charge on any atom is 0.143 e. The number of rotatable bonds is 4. The number of hydrogen-bond donors (Lipinski definition) is 1. The zero-order valence-electron chi connectivity index (χ0n) is 11.5. The quantitative estimate of drug-likeness (QED) is 0.904. The number of halogens is 1. The fourth-order valence-electron chi connectivity index (χ4n) is 2.67. The van der Waals surface area contributed by atoms with Crippen LogP contribution in [0.3, 0.4) is 0 Å². The molecule has 1 unspecified atom stereocenters. The van der Waals surface area contributed by atoms with E-state index >= 15 is 0 Å². The van der Waals surface area contributed by atoms with Crippen molar-refractivity contribution in [3.63, 3.8) is 0 Å². The Hall–Kier alpha value is -0.780. The van der Waals surface area contributed by atoms with E-state index in [0.717, 1.165) is 28.3 Å². The molecule has 20 heavy (non-hydrogen) atoms. The summed E-state index contributed by atoms with van der Waals surface area (Å²) in [4.78, 5) is 10.8. The van der Waals surface area contributed by atoms with E-state index in [4.69, 9.17) is 4.98 Å². The largest absolute Gasteiger partial charge is 0.316 e. The maximum atomic E-state index is 4.90. The van der Waals surface area contributed by atoms with E-state index in [1.807, 2.05) is 29.7 Å². The molecule has 1 N–H and O–H groups in total. The fraction of sp³-hybridized carbons (Fsp3) is 0.467. The number of thiazole rings is 1. The lowest BCUT2D eigenvalue weighted by Crippen LogP contribution is -2.23. The van der Waals surface area contributed by atoms with Crippen LogP contribution in [-0.2, 0) is 6.42 Å². The highest BCUT2D eigenvalue weighted by atomic mass is 79.9. The molecule has 106 valence electrons. The third kappa shape index (κ3) is 2.80. The molecule has 0 bridgehead atoms. The van der Waals surface area contributed by atoms with Crippen LogP contribution in [0.25, 0.3) is 10.7 Å². The molecule has 2 heterocycles. The topological polar surface area (TPSA) is 37.8 Å². The van der Waals surface area contributed by atoms with Gasteiger partial charge in [-0.2, -0.15) is 0 Å². The van der Waals surface area contributed by atoms with Gasteiger partial charge >= 0.3 is 0 Å². The Morgan fingerprint density at radius 3 is 3.20 bits per heavy atom. The van der Waals surface area contributed by atoms with E-state index in [-0.39, 0.29) is 0 Å². The normalized spacial score (nSPS) is 18.0. The summed E-state index contributed by atoms with van der Waals surface area (Å²) in [6, 6.07) is 3.97. The van der Waals surface area contributed by atoms with Gasteiger partial charge in [0.2, 0.25) is 0 Å². The Labute approximate surface area is 132 Å². The van der Waals surface area contributed by atoms with Gasteiger partial charge in [-0.05, 0) is 53.9 Å². The zero-order chi connectivity index (χ0) is 13.9. The first-order valence-corrected chi connectivity index (χ1v) is 8.71. The minimum atomic E-state index is 0.561. The Morgan fingerprint density at radius 1 is 1.50 bits per heavy atom. The van der Waals surface area contributed by atoms with Crippen molar-refractivity contribution >= 4 is 27.3 Å². The lowest BCUT2D eigenvalue weighted by Gasteiger charge is -2.21. The molecule has 2 aromatic heterocycles. The molecule has 0 aliphatic heterocycles. The van der Waals surface area contributed by atoms with Crippen molar-refractivity contribution in [3.8, 4) is 10.7 Å². The predicted octanol–water partition coefficient (Wildman–Crippen LogP) is 4.00. The highest BCUT2D eigenvalue weighted by Crippen LogP contribution is 2.38. The van der Waals surface area contributed by atoms with E-state index in [1.54, 1.807) is 0 Å².